The molecule has 0 aromatic carbocycles. The van der Waals surface area contributed by atoms with Crippen molar-refractivity contribution in [3.05, 3.63) is 24.3 Å². The molecule has 0 saturated carbocycles. The second kappa shape index (κ2) is 8.19. The Kier molecular flexibility index (Phi) is 9.50. The van der Waals surface area contributed by atoms with Crippen LogP contribution in [0.25, 0.3) is 0 Å². The summed E-state index contributed by atoms with van der Waals surface area (Å²) in [6.45, 7) is -0.0173. The van der Waals surface area contributed by atoms with Crippen LogP contribution >= 0.6 is 24.8 Å². The molecule has 6 heteroatoms. The molecule has 1 aromatic rings. The van der Waals surface area contributed by atoms with E-state index in [0.29, 0.717) is 6.42 Å². The van der Waals surface area contributed by atoms with Crippen LogP contribution in [0.5, 0.6) is 0 Å². The summed E-state index contributed by atoms with van der Waals surface area (Å²) in [7, 11) is 0. The van der Waals surface area contributed by atoms with Crippen molar-refractivity contribution in [2.24, 2.45) is 5.73 Å². The third-order valence-corrected chi connectivity index (χ3v) is 1.32. The molecule has 0 saturated heterocycles. The highest BCUT2D eigenvalue weighted by Crippen LogP contribution is 1.93. The summed E-state index contributed by atoms with van der Waals surface area (Å²) in [5.74, 6) is 0. The van der Waals surface area contributed by atoms with Crippen LogP contribution in [0.1, 0.15) is 5.69 Å². The average Bonchev–Trinajstić information content (AvgIpc) is 2.06. The van der Waals surface area contributed by atoms with Crippen LogP contribution in [-0.2, 0) is 6.42 Å². The van der Waals surface area contributed by atoms with Crippen molar-refractivity contribution < 1.29 is 5.11 Å². The summed E-state index contributed by atoms with van der Waals surface area (Å²) >= 11 is 0. The van der Waals surface area contributed by atoms with Crippen molar-refractivity contribution in [3.63, 3.8) is 0 Å². The number of halogens is 2. The van der Waals surface area contributed by atoms with Gasteiger partial charge in [0.15, 0.2) is 0 Å². The smallest absolute Gasteiger partial charge is 0.0602 e. The lowest BCUT2D eigenvalue weighted by atomic mass is 10.2. The number of rotatable bonds is 3. The second-order valence-electron chi connectivity index (χ2n) is 2.34. The van der Waals surface area contributed by atoms with Gasteiger partial charge in [0, 0.05) is 31.1 Å². The van der Waals surface area contributed by atoms with Gasteiger partial charge in [-0.1, -0.05) is 0 Å². The average molecular weight is 226 g/mol. The van der Waals surface area contributed by atoms with Crippen LogP contribution in [0.15, 0.2) is 18.6 Å². The summed E-state index contributed by atoms with van der Waals surface area (Å²) in [4.78, 5) is 7.89. The van der Waals surface area contributed by atoms with Crippen molar-refractivity contribution in [2.75, 3.05) is 6.61 Å². The molecule has 1 atom stereocenters. The topological polar surface area (TPSA) is 72.0 Å². The number of aliphatic hydroxyl groups excluding tert-OH is 1. The van der Waals surface area contributed by atoms with Gasteiger partial charge in [0.2, 0.25) is 0 Å². The first-order chi connectivity index (χ1) is 5.33. The van der Waals surface area contributed by atoms with Gasteiger partial charge in [-0.2, -0.15) is 0 Å². The Morgan fingerprint density at radius 1 is 1.38 bits per heavy atom. The molecule has 0 aliphatic carbocycles. The lowest BCUT2D eigenvalue weighted by molar-refractivity contribution is 0.264. The first-order valence-corrected chi connectivity index (χ1v) is 3.44. The first kappa shape index (κ1) is 15.1. The molecular weight excluding hydrogens is 213 g/mol. The highest BCUT2D eigenvalue weighted by atomic mass is 35.5. The molecule has 0 fully saturated rings. The minimum absolute atomic E-state index is 0. The molecule has 0 amide bonds. The minimum Gasteiger partial charge on any atom is -0.395 e. The number of aromatic nitrogens is 2. The summed E-state index contributed by atoms with van der Waals surface area (Å²) in [6.07, 6.45) is 5.44. The summed E-state index contributed by atoms with van der Waals surface area (Å²) < 4.78 is 0. The van der Waals surface area contributed by atoms with Gasteiger partial charge in [-0.15, -0.1) is 24.8 Å². The molecular formula is C7H13Cl2N3O. The Bertz CT molecular complexity index is 210. The van der Waals surface area contributed by atoms with E-state index in [1.165, 1.54) is 0 Å². The number of nitrogens with two attached hydrogens (primary N) is 1. The third-order valence-electron chi connectivity index (χ3n) is 1.32. The lowest BCUT2D eigenvalue weighted by Gasteiger charge is -2.05. The van der Waals surface area contributed by atoms with Crippen LogP contribution in [0, 0.1) is 0 Å². The fraction of sp³-hybridized carbons (Fsp3) is 0.429. The quantitative estimate of drug-likeness (QED) is 0.771. The molecule has 4 nitrogen and oxygen atoms in total. The van der Waals surface area contributed by atoms with Crippen LogP contribution < -0.4 is 5.73 Å². The number of hydrogen-bond acceptors (Lipinski definition) is 4. The Labute approximate surface area is 89.4 Å². The van der Waals surface area contributed by atoms with Gasteiger partial charge in [0.25, 0.3) is 0 Å². The van der Waals surface area contributed by atoms with E-state index < -0.39 is 0 Å². The van der Waals surface area contributed by atoms with E-state index in [0.717, 1.165) is 5.69 Å². The normalized spacial score (nSPS) is 10.9. The maximum absolute atomic E-state index is 8.62. The van der Waals surface area contributed by atoms with Gasteiger partial charge < -0.3 is 10.8 Å². The van der Waals surface area contributed by atoms with E-state index >= 15 is 0 Å². The zero-order valence-corrected chi connectivity index (χ0v) is 8.59. The van der Waals surface area contributed by atoms with E-state index in [4.69, 9.17) is 10.8 Å². The Morgan fingerprint density at radius 2 is 2.08 bits per heavy atom. The predicted octanol–water partition coefficient (Wildman–Crippen LogP) is 0.182. The number of aliphatic hydroxyl groups is 1. The zero-order valence-electron chi connectivity index (χ0n) is 6.96. The molecule has 1 aromatic heterocycles. The molecule has 3 N–H and O–H groups in total. The Balaban J connectivity index is 0. The lowest BCUT2D eigenvalue weighted by Crippen LogP contribution is -2.27. The minimum atomic E-state index is -0.230. The maximum atomic E-state index is 8.62. The predicted molar refractivity (Wildman–Crippen MR) is 55.3 cm³/mol. The van der Waals surface area contributed by atoms with Gasteiger partial charge in [-0.25, -0.2) is 0 Å². The molecule has 0 aliphatic rings. The molecule has 0 aliphatic heterocycles. The molecule has 1 unspecified atom stereocenters. The zero-order chi connectivity index (χ0) is 8.10. The largest absolute Gasteiger partial charge is 0.395 e. The summed E-state index contributed by atoms with van der Waals surface area (Å²) in [6, 6.07) is -0.230. The van der Waals surface area contributed by atoms with Crippen molar-refractivity contribution in [1.29, 1.82) is 0 Å². The highest BCUT2D eigenvalue weighted by Gasteiger charge is 2.01. The van der Waals surface area contributed by atoms with Gasteiger partial charge >= 0.3 is 0 Å². The van der Waals surface area contributed by atoms with Gasteiger partial charge in [0.05, 0.1) is 12.3 Å². The van der Waals surface area contributed by atoms with Gasteiger partial charge in [-0.3, -0.25) is 9.97 Å². The Morgan fingerprint density at radius 3 is 2.54 bits per heavy atom. The van der Waals surface area contributed by atoms with Crippen LogP contribution in [0.4, 0.5) is 0 Å². The standard InChI is InChI=1S/C7H11N3O.2ClH/c8-6(5-11)3-7-4-9-1-2-10-7;;/h1-2,4,6,11H,3,5,8H2;2*1H. The van der Waals surface area contributed by atoms with E-state index in [2.05, 4.69) is 9.97 Å². The highest BCUT2D eigenvalue weighted by molar-refractivity contribution is 5.85. The van der Waals surface area contributed by atoms with E-state index in [1.54, 1.807) is 18.6 Å². The molecule has 13 heavy (non-hydrogen) atoms. The molecule has 0 bridgehead atoms. The maximum Gasteiger partial charge on any atom is 0.0602 e. The molecule has 1 heterocycles. The molecule has 1 rings (SSSR count). The van der Waals surface area contributed by atoms with Crippen molar-refractivity contribution >= 4 is 24.8 Å². The fourth-order valence-corrected chi connectivity index (χ4v) is 0.769. The van der Waals surface area contributed by atoms with Crippen molar-refractivity contribution in [3.8, 4) is 0 Å². The number of hydrogen-bond donors (Lipinski definition) is 2. The van der Waals surface area contributed by atoms with E-state index in [1.807, 2.05) is 0 Å². The summed E-state index contributed by atoms with van der Waals surface area (Å²) in [5.41, 5.74) is 6.30. The van der Waals surface area contributed by atoms with Gasteiger partial charge in [0.1, 0.15) is 0 Å². The van der Waals surface area contributed by atoms with Gasteiger partial charge in [-0.05, 0) is 0 Å². The SMILES string of the molecule is Cl.Cl.NC(CO)Cc1cnccn1. The Hall–Kier alpha value is -0.420. The van der Waals surface area contributed by atoms with E-state index in [-0.39, 0.29) is 37.5 Å². The molecule has 0 radical (unpaired) electrons. The fourth-order valence-electron chi connectivity index (χ4n) is 0.769. The molecule has 0 spiro atoms. The van der Waals surface area contributed by atoms with E-state index in [9.17, 15) is 0 Å². The second-order valence-corrected chi connectivity index (χ2v) is 2.34. The van der Waals surface area contributed by atoms with Crippen molar-refractivity contribution in [1.82, 2.24) is 9.97 Å². The first-order valence-electron chi connectivity index (χ1n) is 3.44. The molecule has 76 valence electrons. The van der Waals surface area contributed by atoms with Crippen molar-refractivity contribution in [2.45, 2.75) is 12.5 Å². The summed E-state index contributed by atoms with van der Waals surface area (Å²) in [5, 5.41) is 8.62. The number of nitrogens with zero attached hydrogens (tertiary/aromatic N) is 2. The van der Waals surface area contributed by atoms with Crippen LogP contribution in [0.3, 0.4) is 0 Å². The van der Waals surface area contributed by atoms with Crippen LogP contribution in [-0.4, -0.2) is 27.7 Å². The monoisotopic (exact) mass is 225 g/mol. The third kappa shape index (κ3) is 5.76. The van der Waals surface area contributed by atoms with Crippen LogP contribution in [0.2, 0.25) is 0 Å².